The summed E-state index contributed by atoms with van der Waals surface area (Å²) < 4.78 is 0. The maximum Gasteiger partial charge on any atom is 0.135 e. The summed E-state index contributed by atoms with van der Waals surface area (Å²) >= 11 is 0. The molecule has 0 radical (unpaired) electrons. The Hall–Kier alpha value is -1.36. The van der Waals surface area contributed by atoms with E-state index in [2.05, 4.69) is 34.4 Å². The van der Waals surface area contributed by atoms with Gasteiger partial charge in [0.25, 0.3) is 0 Å². The van der Waals surface area contributed by atoms with Gasteiger partial charge in [-0.05, 0) is 13.3 Å². The van der Waals surface area contributed by atoms with Crippen molar-refractivity contribution in [2.75, 3.05) is 23.8 Å². The minimum Gasteiger partial charge on any atom is -0.394 e. The lowest BCUT2D eigenvalue weighted by Gasteiger charge is -2.17. The number of anilines is 2. The highest BCUT2D eigenvalue weighted by atomic mass is 16.3. The lowest BCUT2D eigenvalue weighted by Crippen LogP contribution is -2.23. The van der Waals surface area contributed by atoms with Gasteiger partial charge in [-0.25, -0.2) is 9.97 Å². The Morgan fingerprint density at radius 1 is 1.22 bits per heavy atom. The van der Waals surface area contributed by atoms with Gasteiger partial charge >= 0.3 is 0 Å². The number of nitrogens with zero attached hydrogens (tertiary/aromatic N) is 2. The van der Waals surface area contributed by atoms with E-state index in [9.17, 15) is 5.11 Å². The fraction of sp³-hybridized carbons (Fsp3) is 0.692. The fourth-order valence-electron chi connectivity index (χ4n) is 1.56. The number of aromatic nitrogens is 2. The normalized spacial score (nSPS) is 12.6. The van der Waals surface area contributed by atoms with Crippen LogP contribution >= 0.6 is 0 Å². The minimum atomic E-state index is 0.0365. The molecule has 18 heavy (non-hydrogen) atoms. The summed E-state index contributed by atoms with van der Waals surface area (Å²) in [5.74, 6) is 2.68. The average Bonchev–Trinajstić information content (AvgIpc) is 2.36. The summed E-state index contributed by atoms with van der Waals surface area (Å²) in [6.45, 7) is 9.13. The SMILES string of the molecule is CCNc1cc(NC(CC)CO)nc(C(C)C)n1. The van der Waals surface area contributed by atoms with Crippen LogP contribution in [0.5, 0.6) is 0 Å². The Kier molecular flexibility index (Phi) is 5.85. The third-order valence-corrected chi connectivity index (χ3v) is 2.68. The summed E-state index contributed by atoms with van der Waals surface area (Å²) in [5, 5.41) is 15.6. The highest BCUT2D eigenvalue weighted by Crippen LogP contribution is 2.17. The Morgan fingerprint density at radius 2 is 1.89 bits per heavy atom. The lowest BCUT2D eigenvalue weighted by molar-refractivity contribution is 0.271. The van der Waals surface area contributed by atoms with Gasteiger partial charge in [0.1, 0.15) is 17.5 Å². The smallest absolute Gasteiger partial charge is 0.135 e. The van der Waals surface area contributed by atoms with E-state index < -0.39 is 0 Å². The van der Waals surface area contributed by atoms with E-state index in [1.165, 1.54) is 0 Å². The standard InChI is InChI=1S/C13H24N4O/c1-5-10(8-18)15-12-7-11(14-6-2)16-13(17-12)9(3)4/h7,9-10,18H,5-6,8H2,1-4H3,(H2,14,15,16,17). The molecule has 1 aromatic rings. The van der Waals surface area contributed by atoms with Crippen LogP contribution in [-0.2, 0) is 0 Å². The minimum absolute atomic E-state index is 0.0365. The van der Waals surface area contributed by atoms with Crippen molar-refractivity contribution in [1.29, 1.82) is 0 Å². The molecule has 0 bridgehead atoms. The summed E-state index contributed by atoms with van der Waals surface area (Å²) in [5.41, 5.74) is 0. The summed E-state index contributed by atoms with van der Waals surface area (Å²) in [6.07, 6.45) is 0.855. The lowest BCUT2D eigenvalue weighted by atomic mass is 10.2. The number of aliphatic hydroxyl groups is 1. The van der Waals surface area contributed by atoms with Crippen molar-refractivity contribution in [3.63, 3.8) is 0 Å². The predicted molar refractivity (Wildman–Crippen MR) is 75.1 cm³/mol. The zero-order valence-corrected chi connectivity index (χ0v) is 11.7. The van der Waals surface area contributed by atoms with Crippen LogP contribution in [-0.4, -0.2) is 34.3 Å². The zero-order valence-electron chi connectivity index (χ0n) is 11.7. The van der Waals surface area contributed by atoms with Crippen molar-refractivity contribution in [3.8, 4) is 0 Å². The highest BCUT2D eigenvalue weighted by Gasteiger charge is 2.10. The van der Waals surface area contributed by atoms with Gasteiger partial charge in [0.2, 0.25) is 0 Å². The quantitative estimate of drug-likeness (QED) is 0.694. The second-order valence-corrected chi connectivity index (χ2v) is 4.61. The Labute approximate surface area is 109 Å². The summed E-state index contributed by atoms with van der Waals surface area (Å²) in [6, 6.07) is 1.92. The van der Waals surface area contributed by atoms with Gasteiger partial charge < -0.3 is 15.7 Å². The monoisotopic (exact) mass is 252 g/mol. The van der Waals surface area contributed by atoms with Crippen molar-refractivity contribution in [2.45, 2.75) is 46.1 Å². The van der Waals surface area contributed by atoms with Crippen molar-refractivity contribution in [3.05, 3.63) is 11.9 Å². The van der Waals surface area contributed by atoms with Crippen LogP contribution in [0.15, 0.2) is 6.07 Å². The maximum absolute atomic E-state index is 9.22. The van der Waals surface area contributed by atoms with Crippen LogP contribution < -0.4 is 10.6 Å². The first-order chi connectivity index (χ1) is 8.60. The number of aliphatic hydroxyl groups excluding tert-OH is 1. The van der Waals surface area contributed by atoms with E-state index in [4.69, 9.17) is 0 Å². The van der Waals surface area contributed by atoms with Gasteiger partial charge in [-0.3, -0.25) is 0 Å². The van der Waals surface area contributed by atoms with Gasteiger partial charge in [0, 0.05) is 18.5 Å². The molecule has 0 fully saturated rings. The molecule has 1 atom stereocenters. The van der Waals surface area contributed by atoms with Crippen molar-refractivity contribution in [2.24, 2.45) is 0 Å². The van der Waals surface area contributed by atoms with Gasteiger partial charge in [-0.2, -0.15) is 0 Å². The molecule has 0 saturated heterocycles. The van der Waals surface area contributed by atoms with E-state index in [1.54, 1.807) is 0 Å². The van der Waals surface area contributed by atoms with Gasteiger partial charge in [-0.1, -0.05) is 20.8 Å². The van der Waals surface area contributed by atoms with E-state index in [-0.39, 0.29) is 18.6 Å². The molecule has 102 valence electrons. The molecule has 1 rings (SSSR count). The van der Waals surface area contributed by atoms with E-state index in [0.29, 0.717) is 0 Å². The van der Waals surface area contributed by atoms with Crippen LogP contribution in [0, 0.1) is 0 Å². The Bertz CT molecular complexity index is 364. The second-order valence-electron chi connectivity index (χ2n) is 4.61. The van der Waals surface area contributed by atoms with E-state index in [0.717, 1.165) is 30.4 Å². The molecular formula is C13H24N4O. The molecule has 0 amide bonds. The van der Waals surface area contributed by atoms with Crippen LogP contribution in [0.3, 0.4) is 0 Å². The number of nitrogens with one attached hydrogen (secondary N) is 2. The fourth-order valence-corrected chi connectivity index (χ4v) is 1.56. The predicted octanol–water partition coefficient (Wildman–Crippen LogP) is 2.21. The molecule has 0 spiro atoms. The first-order valence-electron chi connectivity index (χ1n) is 6.60. The molecule has 5 heteroatoms. The number of rotatable bonds is 7. The van der Waals surface area contributed by atoms with Crippen LogP contribution in [0.4, 0.5) is 11.6 Å². The molecule has 1 heterocycles. The third-order valence-electron chi connectivity index (χ3n) is 2.68. The number of hydrogen-bond acceptors (Lipinski definition) is 5. The summed E-state index contributed by atoms with van der Waals surface area (Å²) in [4.78, 5) is 8.93. The molecular weight excluding hydrogens is 228 g/mol. The van der Waals surface area contributed by atoms with E-state index >= 15 is 0 Å². The molecule has 3 N–H and O–H groups in total. The largest absolute Gasteiger partial charge is 0.394 e. The van der Waals surface area contributed by atoms with Crippen LogP contribution in [0.1, 0.15) is 45.9 Å². The van der Waals surface area contributed by atoms with Crippen molar-refractivity contribution < 1.29 is 5.11 Å². The summed E-state index contributed by atoms with van der Waals surface area (Å²) in [7, 11) is 0. The number of hydrogen-bond donors (Lipinski definition) is 3. The third kappa shape index (κ3) is 4.14. The maximum atomic E-state index is 9.22. The van der Waals surface area contributed by atoms with Gasteiger partial charge in [0.15, 0.2) is 0 Å². The second kappa shape index (κ2) is 7.16. The molecule has 0 aromatic carbocycles. The van der Waals surface area contributed by atoms with Gasteiger partial charge in [-0.15, -0.1) is 0 Å². The Morgan fingerprint density at radius 3 is 2.39 bits per heavy atom. The first-order valence-corrected chi connectivity index (χ1v) is 6.60. The highest BCUT2D eigenvalue weighted by molar-refractivity contribution is 5.48. The molecule has 1 unspecified atom stereocenters. The Balaban J connectivity index is 2.95. The molecule has 1 aromatic heterocycles. The van der Waals surface area contributed by atoms with E-state index in [1.807, 2.05) is 19.9 Å². The molecule has 5 nitrogen and oxygen atoms in total. The average molecular weight is 252 g/mol. The van der Waals surface area contributed by atoms with Crippen molar-refractivity contribution >= 4 is 11.6 Å². The first kappa shape index (κ1) is 14.7. The topological polar surface area (TPSA) is 70.1 Å². The molecule has 0 aliphatic heterocycles. The molecule has 0 aliphatic carbocycles. The van der Waals surface area contributed by atoms with Crippen molar-refractivity contribution in [1.82, 2.24) is 9.97 Å². The molecule has 0 aliphatic rings. The van der Waals surface area contributed by atoms with Crippen LogP contribution in [0.2, 0.25) is 0 Å². The van der Waals surface area contributed by atoms with Crippen LogP contribution in [0.25, 0.3) is 0 Å². The zero-order chi connectivity index (χ0) is 13.5. The van der Waals surface area contributed by atoms with Gasteiger partial charge in [0.05, 0.1) is 12.6 Å². The molecule has 0 saturated carbocycles.